The van der Waals surface area contributed by atoms with Gasteiger partial charge in [-0.2, -0.15) is 0 Å². The molecule has 0 fully saturated rings. The van der Waals surface area contributed by atoms with Gasteiger partial charge in [0.1, 0.15) is 0 Å². The molecule has 0 heterocycles. The van der Waals surface area contributed by atoms with Gasteiger partial charge in [-0.3, -0.25) is 9.79 Å². The second kappa shape index (κ2) is 11.8. The predicted octanol–water partition coefficient (Wildman–Crippen LogP) is 0.777. The number of esters is 1. The summed E-state index contributed by atoms with van der Waals surface area (Å²) in [4.78, 5) is 15.3. The molecule has 0 rings (SSSR count). The first-order valence-corrected chi connectivity index (χ1v) is 6.75. The minimum atomic E-state index is -0.223. The monoisotopic (exact) mass is 273 g/mol. The summed E-state index contributed by atoms with van der Waals surface area (Å²) >= 11 is 0. The average molecular weight is 273 g/mol. The lowest BCUT2D eigenvalue weighted by Gasteiger charge is -2.14. The number of rotatable bonds is 9. The number of hydrogen-bond acceptors (Lipinski definition) is 4. The molecule has 112 valence electrons. The fourth-order valence-corrected chi connectivity index (χ4v) is 1.44. The van der Waals surface area contributed by atoms with E-state index in [-0.39, 0.29) is 11.9 Å². The molecule has 0 spiro atoms. The third-order valence-corrected chi connectivity index (χ3v) is 2.61. The Bertz CT molecular complexity index is 270. The maximum absolute atomic E-state index is 11.2. The molecule has 0 aromatic rings. The molecule has 0 saturated heterocycles. The first-order valence-electron chi connectivity index (χ1n) is 6.75. The van der Waals surface area contributed by atoms with Crippen molar-refractivity contribution in [3.63, 3.8) is 0 Å². The largest absolute Gasteiger partial charge is 0.469 e. The van der Waals surface area contributed by atoms with E-state index in [4.69, 9.17) is 4.74 Å². The van der Waals surface area contributed by atoms with Crippen LogP contribution in [0.25, 0.3) is 0 Å². The molecular formula is C13H27N3O3. The van der Waals surface area contributed by atoms with Gasteiger partial charge in [0.25, 0.3) is 0 Å². The quantitative estimate of drug-likeness (QED) is 0.281. The maximum atomic E-state index is 11.2. The maximum Gasteiger partial charge on any atom is 0.310 e. The van der Waals surface area contributed by atoms with Crippen LogP contribution in [0.5, 0.6) is 0 Å². The lowest BCUT2D eigenvalue weighted by molar-refractivity contribution is -0.144. The Morgan fingerprint density at radius 3 is 2.63 bits per heavy atom. The van der Waals surface area contributed by atoms with E-state index in [0.29, 0.717) is 12.5 Å². The van der Waals surface area contributed by atoms with Gasteiger partial charge < -0.3 is 20.1 Å². The van der Waals surface area contributed by atoms with Gasteiger partial charge in [0, 0.05) is 33.4 Å². The summed E-state index contributed by atoms with van der Waals surface area (Å²) < 4.78 is 9.92. The van der Waals surface area contributed by atoms with Crippen molar-refractivity contribution >= 4 is 11.9 Å². The fourth-order valence-electron chi connectivity index (χ4n) is 1.44. The number of nitrogens with zero attached hydrogens (tertiary/aromatic N) is 1. The molecule has 0 saturated carbocycles. The Hall–Kier alpha value is -1.30. The number of nitrogens with one attached hydrogen (secondary N) is 2. The number of aliphatic imine (C=N–C) groups is 1. The number of carbonyl (C=O) groups is 1. The molecule has 0 aromatic heterocycles. The van der Waals surface area contributed by atoms with Crippen LogP contribution < -0.4 is 10.6 Å². The van der Waals surface area contributed by atoms with Crippen LogP contribution in [0.2, 0.25) is 0 Å². The Morgan fingerprint density at radius 2 is 2.05 bits per heavy atom. The highest BCUT2D eigenvalue weighted by Crippen LogP contribution is 1.95. The molecule has 6 heteroatoms. The average Bonchev–Trinajstić information content (AvgIpc) is 2.44. The van der Waals surface area contributed by atoms with Gasteiger partial charge in [0.2, 0.25) is 0 Å². The lowest BCUT2D eigenvalue weighted by Crippen LogP contribution is -2.41. The zero-order valence-electron chi connectivity index (χ0n) is 12.5. The van der Waals surface area contributed by atoms with Crippen molar-refractivity contribution in [2.24, 2.45) is 10.9 Å². The number of methoxy groups -OCH3 is 1. The number of hydrogen-bond donors (Lipinski definition) is 2. The summed E-state index contributed by atoms with van der Waals surface area (Å²) in [5.74, 6) is 0.285. The van der Waals surface area contributed by atoms with Gasteiger partial charge in [-0.05, 0) is 19.8 Å². The Morgan fingerprint density at radius 1 is 1.32 bits per heavy atom. The van der Waals surface area contributed by atoms with E-state index in [1.165, 1.54) is 7.11 Å². The fraction of sp³-hybridized carbons (Fsp3) is 0.846. The van der Waals surface area contributed by atoms with Crippen LogP contribution in [0.3, 0.4) is 0 Å². The van der Waals surface area contributed by atoms with E-state index in [2.05, 4.69) is 20.4 Å². The van der Waals surface area contributed by atoms with E-state index in [0.717, 1.165) is 32.6 Å². The molecule has 1 atom stereocenters. The van der Waals surface area contributed by atoms with Crippen LogP contribution in [0.4, 0.5) is 0 Å². The summed E-state index contributed by atoms with van der Waals surface area (Å²) in [6.07, 6.45) is 2.05. The Labute approximate surface area is 116 Å². The highest BCUT2D eigenvalue weighted by Gasteiger charge is 2.12. The third kappa shape index (κ3) is 9.30. The normalized spacial score (nSPS) is 12.9. The topological polar surface area (TPSA) is 72.0 Å². The van der Waals surface area contributed by atoms with Crippen molar-refractivity contribution in [2.75, 3.05) is 40.5 Å². The molecule has 0 aliphatic heterocycles. The summed E-state index contributed by atoms with van der Waals surface area (Å²) in [6, 6.07) is 0. The summed E-state index contributed by atoms with van der Waals surface area (Å²) in [5, 5.41) is 6.28. The SMILES string of the molecule is CCOCCCCNC(=NC)NCC(C)C(=O)OC. The summed E-state index contributed by atoms with van der Waals surface area (Å²) in [6.45, 7) is 6.71. The second-order valence-corrected chi connectivity index (χ2v) is 4.21. The summed E-state index contributed by atoms with van der Waals surface area (Å²) in [7, 11) is 3.10. The molecule has 0 amide bonds. The highest BCUT2D eigenvalue weighted by molar-refractivity contribution is 5.80. The zero-order valence-corrected chi connectivity index (χ0v) is 12.5. The molecular weight excluding hydrogens is 246 g/mol. The smallest absolute Gasteiger partial charge is 0.310 e. The van der Waals surface area contributed by atoms with Crippen LogP contribution in [0.15, 0.2) is 4.99 Å². The van der Waals surface area contributed by atoms with E-state index in [9.17, 15) is 4.79 Å². The molecule has 6 nitrogen and oxygen atoms in total. The molecule has 19 heavy (non-hydrogen) atoms. The lowest BCUT2D eigenvalue weighted by atomic mass is 10.2. The predicted molar refractivity (Wildman–Crippen MR) is 76.3 cm³/mol. The van der Waals surface area contributed by atoms with Crippen LogP contribution >= 0.6 is 0 Å². The molecule has 1 unspecified atom stereocenters. The van der Waals surface area contributed by atoms with E-state index in [1.807, 2.05) is 13.8 Å². The van der Waals surface area contributed by atoms with Crippen molar-refractivity contribution < 1.29 is 14.3 Å². The van der Waals surface area contributed by atoms with Crippen molar-refractivity contribution in [3.8, 4) is 0 Å². The van der Waals surface area contributed by atoms with Gasteiger partial charge in [0.15, 0.2) is 5.96 Å². The van der Waals surface area contributed by atoms with Crippen molar-refractivity contribution in [2.45, 2.75) is 26.7 Å². The van der Waals surface area contributed by atoms with Gasteiger partial charge >= 0.3 is 5.97 Å². The first-order chi connectivity index (χ1) is 9.15. The molecule has 0 aliphatic rings. The van der Waals surface area contributed by atoms with E-state index >= 15 is 0 Å². The van der Waals surface area contributed by atoms with Gasteiger partial charge in [-0.15, -0.1) is 0 Å². The minimum absolute atomic E-state index is 0.193. The van der Waals surface area contributed by atoms with Crippen LogP contribution in [0, 0.1) is 5.92 Å². The Balaban J connectivity index is 3.70. The summed E-state index contributed by atoms with van der Waals surface area (Å²) in [5.41, 5.74) is 0. The molecule has 0 aliphatic carbocycles. The van der Waals surface area contributed by atoms with Crippen LogP contribution in [-0.2, 0) is 14.3 Å². The van der Waals surface area contributed by atoms with Gasteiger partial charge in [-0.1, -0.05) is 6.92 Å². The second-order valence-electron chi connectivity index (χ2n) is 4.21. The molecule has 0 aromatic carbocycles. The third-order valence-electron chi connectivity index (χ3n) is 2.61. The number of carbonyl (C=O) groups excluding carboxylic acids is 1. The molecule has 2 N–H and O–H groups in total. The van der Waals surface area contributed by atoms with Gasteiger partial charge in [-0.25, -0.2) is 0 Å². The van der Waals surface area contributed by atoms with Crippen molar-refractivity contribution in [1.82, 2.24) is 10.6 Å². The number of ether oxygens (including phenoxy) is 2. The van der Waals surface area contributed by atoms with Crippen molar-refractivity contribution in [1.29, 1.82) is 0 Å². The standard InChI is InChI=1S/C13H27N3O3/c1-5-19-9-7-6-8-15-13(14-3)16-10-11(2)12(17)18-4/h11H,5-10H2,1-4H3,(H2,14,15,16). The number of unbranched alkanes of at least 4 members (excludes halogenated alkanes) is 1. The minimum Gasteiger partial charge on any atom is -0.469 e. The van der Waals surface area contributed by atoms with E-state index in [1.54, 1.807) is 7.05 Å². The van der Waals surface area contributed by atoms with Crippen LogP contribution in [0.1, 0.15) is 26.7 Å². The molecule has 0 radical (unpaired) electrons. The highest BCUT2D eigenvalue weighted by atomic mass is 16.5. The van der Waals surface area contributed by atoms with Crippen LogP contribution in [-0.4, -0.2) is 52.4 Å². The van der Waals surface area contributed by atoms with E-state index < -0.39 is 0 Å². The number of guanidine groups is 1. The van der Waals surface area contributed by atoms with Crippen molar-refractivity contribution in [3.05, 3.63) is 0 Å². The Kier molecular flexibility index (Phi) is 11.0. The first kappa shape index (κ1) is 17.7. The molecule has 0 bridgehead atoms. The zero-order chi connectivity index (χ0) is 14.5. The van der Waals surface area contributed by atoms with Gasteiger partial charge in [0.05, 0.1) is 13.0 Å².